The Hall–Kier alpha value is -1.34. The Balaban J connectivity index is 2.13. The number of ether oxygens (including phenoxy) is 1. The number of aromatic nitrogens is 1. The SMILES string of the molecule is CCN(C)c1nc(N)c(C(=O)N(C)C2CCOCC2)s1. The molecular formula is C13H22N4O2S. The zero-order valence-corrected chi connectivity index (χ0v) is 13.1. The zero-order chi connectivity index (χ0) is 14.7. The summed E-state index contributed by atoms with van der Waals surface area (Å²) in [6.07, 6.45) is 1.76. The van der Waals surface area contributed by atoms with Gasteiger partial charge in [-0.15, -0.1) is 0 Å². The molecule has 2 N–H and O–H groups in total. The Bertz CT molecular complexity index is 471. The third-order valence-electron chi connectivity index (χ3n) is 3.70. The maximum Gasteiger partial charge on any atom is 0.267 e. The van der Waals surface area contributed by atoms with Crippen molar-refractivity contribution in [3.63, 3.8) is 0 Å². The Morgan fingerprint density at radius 3 is 2.70 bits per heavy atom. The molecule has 0 aliphatic carbocycles. The van der Waals surface area contributed by atoms with Crippen LogP contribution in [0.3, 0.4) is 0 Å². The van der Waals surface area contributed by atoms with Gasteiger partial charge in [-0.1, -0.05) is 11.3 Å². The Labute approximate surface area is 123 Å². The van der Waals surface area contributed by atoms with Gasteiger partial charge in [0.1, 0.15) is 10.7 Å². The standard InChI is InChI=1S/C13H22N4O2S/c1-4-16(2)13-15-11(14)10(20-13)12(18)17(3)9-5-7-19-8-6-9/h9H,4-8,14H2,1-3H3. The smallest absolute Gasteiger partial charge is 0.267 e. The molecule has 20 heavy (non-hydrogen) atoms. The summed E-state index contributed by atoms with van der Waals surface area (Å²) in [5, 5.41) is 0.786. The zero-order valence-electron chi connectivity index (χ0n) is 12.3. The van der Waals surface area contributed by atoms with Crippen LogP contribution in [-0.4, -0.2) is 55.7 Å². The van der Waals surface area contributed by atoms with Gasteiger partial charge >= 0.3 is 0 Å². The number of amides is 1. The highest BCUT2D eigenvalue weighted by Crippen LogP contribution is 2.29. The van der Waals surface area contributed by atoms with Crippen LogP contribution >= 0.6 is 11.3 Å². The van der Waals surface area contributed by atoms with Crippen molar-refractivity contribution in [2.75, 3.05) is 44.5 Å². The molecule has 0 atom stereocenters. The lowest BCUT2D eigenvalue weighted by Crippen LogP contribution is -2.40. The normalized spacial score (nSPS) is 16.1. The maximum atomic E-state index is 12.5. The molecule has 1 saturated heterocycles. The lowest BCUT2D eigenvalue weighted by molar-refractivity contribution is 0.0365. The van der Waals surface area contributed by atoms with Crippen LogP contribution in [0.15, 0.2) is 0 Å². The summed E-state index contributed by atoms with van der Waals surface area (Å²) >= 11 is 1.36. The van der Waals surface area contributed by atoms with E-state index in [1.807, 2.05) is 25.9 Å². The minimum Gasteiger partial charge on any atom is -0.382 e. The van der Waals surface area contributed by atoms with Crippen LogP contribution in [0, 0.1) is 0 Å². The molecule has 1 aliphatic rings. The summed E-state index contributed by atoms with van der Waals surface area (Å²) < 4.78 is 5.33. The fraction of sp³-hybridized carbons (Fsp3) is 0.692. The van der Waals surface area contributed by atoms with Crippen molar-refractivity contribution in [3.8, 4) is 0 Å². The van der Waals surface area contributed by atoms with E-state index in [1.165, 1.54) is 11.3 Å². The van der Waals surface area contributed by atoms with Gasteiger partial charge in [-0.2, -0.15) is 0 Å². The van der Waals surface area contributed by atoms with Gasteiger partial charge in [0.25, 0.3) is 5.91 Å². The molecule has 1 aromatic heterocycles. The van der Waals surface area contributed by atoms with Crippen LogP contribution in [0.4, 0.5) is 10.9 Å². The van der Waals surface area contributed by atoms with Crippen LogP contribution in [-0.2, 0) is 4.74 Å². The Morgan fingerprint density at radius 1 is 1.45 bits per heavy atom. The van der Waals surface area contributed by atoms with Crippen molar-refractivity contribution in [1.82, 2.24) is 9.88 Å². The van der Waals surface area contributed by atoms with E-state index < -0.39 is 0 Å². The van der Waals surface area contributed by atoms with Gasteiger partial charge in [-0.05, 0) is 19.8 Å². The number of rotatable bonds is 4. The number of anilines is 2. The van der Waals surface area contributed by atoms with Crippen LogP contribution in [0.2, 0.25) is 0 Å². The summed E-state index contributed by atoms with van der Waals surface area (Å²) in [4.78, 5) is 21.1. The number of hydrogen-bond donors (Lipinski definition) is 1. The van der Waals surface area contributed by atoms with Crippen molar-refractivity contribution in [2.45, 2.75) is 25.8 Å². The van der Waals surface area contributed by atoms with Crippen LogP contribution in [0.25, 0.3) is 0 Å². The summed E-state index contributed by atoms with van der Waals surface area (Å²) in [6, 6.07) is 0.227. The summed E-state index contributed by atoms with van der Waals surface area (Å²) in [5.74, 6) is 0.289. The highest BCUT2D eigenvalue weighted by Gasteiger charge is 2.27. The van der Waals surface area contributed by atoms with Crippen LogP contribution in [0.1, 0.15) is 29.4 Å². The third kappa shape index (κ3) is 3.04. The Morgan fingerprint density at radius 2 is 2.10 bits per heavy atom. The van der Waals surface area contributed by atoms with E-state index >= 15 is 0 Å². The number of thiazole rings is 1. The van der Waals surface area contributed by atoms with Crippen molar-refractivity contribution in [3.05, 3.63) is 4.88 Å². The molecule has 0 spiro atoms. The first kappa shape index (κ1) is 15.1. The first-order chi connectivity index (χ1) is 9.54. The molecule has 0 unspecified atom stereocenters. The van der Waals surface area contributed by atoms with Crippen molar-refractivity contribution < 1.29 is 9.53 Å². The van der Waals surface area contributed by atoms with Gasteiger partial charge < -0.3 is 20.3 Å². The molecule has 1 aliphatic heterocycles. The van der Waals surface area contributed by atoms with E-state index in [0.717, 1.165) is 24.5 Å². The van der Waals surface area contributed by atoms with Gasteiger partial charge in [0.15, 0.2) is 5.13 Å². The van der Waals surface area contributed by atoms with Crippen molar-refractivity contribution in [2.24, 2.45) is 0 Å². The van der Waals surface area contributed by atoms with Crippen LogP contribution < -0.4 is 10.6 Å². The van der Waals surface area contributed by atoms with E-state index in [4.69, 9.17) is 10.5 Å². The topological polar surface area (TPSA) is 71.7 Å². The van der Waals surface area contributed by atoms with Gasteiger partial charge in [0.2, 0.25) is 0 Å². The van der Waals surface area contributed by atoms with Crippen molar-refractivity contribution in [1.29, 1.82) is 0 Å². The average Bonchev–Trinajstić information content (AvgIpc) is 2.87. The molecule has 112 valence electrons. The lowest BCUT2D eigenvalue weighted by Gasteiger charge is -2.30. The minimum atomic E-state index is -0.0392. The van der Waals surface area contributed by atoms with E-state index in [9.17, 15) is 4.79 Å². The van der Waals surface area contributed by atoms with E-state index in [1.54, 1.807) is 4.90 Å². The molecular weight excluding hydrogens is 276 g/mol. The van der Waals surface area contributed by atoms with Gasteiger partial charge in [-0.3, -0.25) is 4.79 Å². The van der Waals surface area contributed by atoms with Gasteiger partial charge in [-0.25, -0.2) is 4.98 Å². The average molecular weight is 298 g/mol. The number of nitrogens with two attached hydrogens (primary N) is 1. The second kappa shape index (κ2) is 6.41. The predicted molar refractivity (Wildman–Crippen MR) is 81.4 cm³/mol. The largest absolute Gasteiger partial charge is 0.382 e. The summed E-state index contributed by atoms with van der Waals surface area (Å²) in [6.45, 7) is 4.29. The number of nitrogen functional groups attached to an aromatic ring is 1. The second-order valence-electron chi connectivity index (χ2n) is 4.98. The quantitative estimate of drug-likeness (QED) is 0.910. The minimum absolute atomic E-state index is 0.0392. The molecule has 1 fully saturated rings. The highest BCUT2D eigenvalue weighted by atomic mass is 32.1. The fourth-order valence-electron chi connectivity index (χ4n) is 2.17. The predicted octanol–water partition coefficient (Wildman–Crippen LogP) is 1.43. The second-order valence-corrected chi connectivity index (χ2v) is 5.96. The number of nitrogens with zero attached hydrogens (tertiary/aromatic N) is 3. The van der Waals surface area contributed by atoms with Gasteiger partial charge in [0, 0.05) is 39.9 Å². The van der Waals surface area contributed by atoms with Gasteiger partial charge in [0.05, 0.1) is 0 Å². The van der Waals surface area contributed by atoms with Crippen LogP contribution in [0.5, 0.6) is 0 Å². The molecule has 0 radical (unpaired) electrons. The number of carbonyl (C=O) groups is 1. The molecule has 6 nitrogen and oxygen atoms in total. The first-order valence-corrected chi connectivity index (χ1v) is 7.68. The number of carbonyl (C=O) groups excluding carboxylic acids is 1. The molecule has 2 rings (SSSR count). The summed E-state index contributed by atoms with van der Waals surface area (Å²) in [7, 11) is 3.77. The monoisotopic (exact) mass is 298 g/mol. The first-order valence-electron chi connectivity index (χ1n) is 6.87. The lowest BCUT2D eigenvalue weighted by atomic mass is 10.1. The molecule has 7 heteroatoms. The van der Waals surface area contributed by atoms with Crippen molar-refractivity contribution >= 4 is 28.2 Å². The molecule has 1 aromatic rings. The fourth-order valence-corrected chi connectivity index (χ4v) is 3.16. The maximum absolute atomic E-state index is 12.5. The molecule has 2 heterocycles. The van der Waals surface area contributed by atoms with E-state index in [2.05, 4.69) is 4.98 Å². The highest BCUT2D eigenvalue weighted by molar-refractivity contribution is 7.18. The molecule has 0 saturated carbocycles. The van der Waals surface area contributed by atoms with E-state index in [-0.39, 0.29) is 11.9 Å². The summed E-state index contributed by atoms with van der Waals surface area (Å²) in [5.41, 5.74) is 5.90. The number of hydrogen-bond acceptors (Lipinski definition) is 6. The van der Waals surface area contributed by atoms with E-state index in [0.29, 0.717) is 23.9 Å². The molecule has 0 aromatic carbocycles. The molecule has 1 amide bonds. The third-order valence-corrected chi connectivity index (χ3v) is 4.87. The Kier molecular flexibility index (Phi) is 4.82. The molecule has 0 bridgehead atoms.